The van der Waals surface area contributed by atoms with Gasteiger partial charge < -0.3 is 0 Å². The normalized spacial score (nSPS) is 10.9. The van der Waals surface area contributed by atoms with Crippen molar-refractivity contribution in [3.05, 3.63) is 176 Å². The molecule has 0 aromatic heterocycles. The molecule has 0 nitrogen and oxygen atoms in total. The quantitative estimate of drug-likeness (QED) is 0.151. The van der Waals surface area contributed by atoms with Crippen LogP contribution in [-0.4, -0.2) is 43.5 Å². The van der Waals surface area contributed by atoms with E-state index in [2.05, 4.69) is 214 Å². The molecular weight excluding hydrogens is 1130 g/mol. The topological polar surface area (TPSA) is 0 Å². The Balaban J connectivity index is 0.000000175. The molecule has 0 aliphatic rings. The summed E-state index contributed by atoms with van der Waals surface area (Å²) in [5.74, 6) is 0. The second-order valence-corrected chi connectivity index (χ2v) is 30.6. The maximum absolute atomic E-state index is 3.54. The van der Waals surface area contributed by atoms with Crippen LogP contribution >= 0.6 is 47.8 Å². The molecule has 0 unspecified atom stereocenters. The van der Waals surface area contributed by atoms with E-state index < -0.39 is 43.5 Å². The number of halogens is 3. The zero-order chi connectivity index (χ0) is 31.1. The van der Waals surface area contributed by atoms with Crippen LogP contribution in [-0.2, 0) is 0 Å². The molecule has 5 heteroatoms. The molecule has 0 aliphatic carbocycles. The van der Waals surface area contributed by atoms with Gasteiger partial charge in [-0.2, -0.15) is 0 Å². The Bertz CT molecular complexity index is 1410. The number of hydrogen-bond donors (Lipinski definition) is 0. The van der Waals surface area contributed by atoms with Crippen molar-refractivity contribution >= 4 is 111 Å². The van der Waals surface area contributed by atoms with Gasteiger partial charge in [-0.25, -0.2) is 0 Å². The summed E-state index contributed by atoms with van der Waals surface area (Å²) >= 11 is 6.25. The van der Waals surface area contributed by atoms with Gasteiger partial charge in [-0.3, -0.25) is 0 Å². The second-order valence-electron chi connectivity index (χ2n) is 10.6. The molecule has 0 saturated carbocycles. The Kier molecular flexibility index (Phi) is 12.6. The maximum atomic E-state index is 3.54. The van der Waals surface area contributed by atoms with Crippen LogP contribution in [0.1, 0.15) is 16.7 Å². The van der Waals surface area contributed by atoms with Crippen LogP contribution in [0.3, 0.4) is 0 Å². The first-order valence-electron chi connectivity index (χ1n) is 14.3. The predicted octanol–water partition coefficient (Wildman–Crippen LogP) is 7.62. The molecule has 220 valence electrons. The summed E-state index contributed by atoms with van der Waals surface area (Å²) in [5.41, 5.74) is 4.00. The van der Waals surface area contributed by atoms with Gasteiger partial charge in [0.2, 0.25) is 0 Å². The summed E-state index contributed by atoms with van der Waals surface area (Å²) in [6, 6.07) is 54.1. The molecule has 0 heterocycles. The van der Waals surface area contributed by atoms with Gasteiger partial charge >= 0.3 is 307 Å². The zero-order valence-corrected chi connectivity index (χ0v) is 36.6. The van der Waals surface area contributed by atoms with E-state index in [1.807, 2.05) is 0 Å². The van der Waals surface area contributed by atoms with Gasteiger partial charge in [0.15, 0.2) is 0 Å². The van der Waals surface area contributed by atoms with Crippen molar-refractivity contribution in [1.29, 1.82) is 0 Å². The fourth-order valence-electron chi connectivity index (χ4n) is 4.75. The van der Waals surface area contributed by atoms with E-state index in [4.69, 9.17) is 0 Å². The second kappa shape index (κ2) is 16.4. The molecule has 0 amide bonds. The molecule has 0 radical (unpaired) electrons. The number of hydrogen-bond acceptors (Lipinski definition) is 0. The molecule has 0 atom stereocenters. The number of benzene rings is 6. The summed E-state index contributed by atoms with van der Waals surface area (Å²) in [5, 5.41) is 0. The average Bonchev–Trinajstić information content (AvgIpc) is 3.03. The monoisotopic (exact) mass is 1160 g/mol. The first-order chi connectivity index (χ1) is 21.3. The van der Waals surface area contributed by atoms with E-state index in [9.17, 15) is 0 Å². The Hall–Kier alpha value is -1.47. The van der Waals surface area contributed by atoms with Crippen LogP contribution in [0.4, 0.5) is 0 Å². The van der Waals surface area contributed by atoms with Crippen LogP contribution < -0.4 is 19.6 Å². The third-order valence-corrected chi connectivity index (χ3v) is 27.7. The Morgan fingerprint density at radius 3 is 0.614 bits per heavy atom. The first kappa shape index (κ1) is 33.9. The van der Waals surface area contributed by atoms with Gasteiger partial charge in [0, 0.05) is 0 Å². The van der Waals surface area contributed by atoms with Gasteiger partial charge in [-0.05, 0) is 0 Å². The molecule has 0 saturated heterocycles. The summed E-state index contributed by atoms with van der Waals surface area (Å²) in [4.78, 5) is 0. The third-order valence-electron chi connectivity index (χ3n) is 7.13. The van der Waals surface area contributed by atoms with Crippen molar-refractivity contribution in [3.63, 3.8) is 0 Å². The number of rotatable bonds is 6. The van der Waals surface area contributed by atoms with Gasteiger partial charge in [0.05, 0.1) is 0 Å². The van der Waals surface area contributed by atoms with Gasteiger partial charge in [0.25, 0.3) is 0 Å². The number of aryl methyl sites for hydroxylation is 3. The van der Waals surface area contributed by atoms with Gasteiger partial charge in [-0.15, -0.1) is 0 Å². The molecule has 6 aromatic rings. The van der Waals surface area contributed by atoms with E-state index in [1.54, 1.807) is 9.81 Å². The molecule has 0 aliphatic heterocycles. The van der Waals surface area contributed by atoms with E-state index in [-0.39, 0.29) is 0 Å². The average molecular weight is 1160 g/mol. The summed E-state index contributed by atoms with van der Waals surface area (Å²) < 4.78 is 12.5. The Labute approximate surface area is 303 Å². The molecular formula is C39H33Bi2Br3. The van der Waals surface area contributed by atoms with E-state index in [1.165, 1.54) is 26.5 Å². The first-order valence-corrected chi connectivity index (χ1v) is 27.1. The molecule has 6 rings (SSSR count). The van der Waals surface area contributed by atoms with Crippen LogP contribution in [0.2, 0.25) is 0 Å². The fraction of sp³-hybridized carbons (Fsp3) is 0.0769. The summed E-state index contributed by atoms with van der Waals surface area (Å²) in [6.45, 7) is 6.47. The molecule has 0 bridgehead atoms. The zero-order valence-electron chi connectivity index (χ0n) is 24.9. The van der Waals surface area contributed by atoms with Gasteiger partial charge in [0.1, 0.15) is 0 Å². The standard InChI is InChI=1S/3C7H7.3C6H4Br.2Bi/c3*1-7-5-3-2-4-6-7;3*7-6-4-2-1-3-5-6;;/h3*3-6H,1H3;3*2-5H;;. The van der Waals surface area contributed by atoms with Crippen molar-refractivity contribution in [2.45, 2.75) is 20.8 Å². The van der Waals surface area contributed by atoms with Crippen LogP contribution in [0.25, 0.3) is 0 Å². The SMILES string of the molecule is Brc1cc[c]([Bi]([c]2ccc(Br)cc2)[c]2ccc(Br)cc2)cc1.Cc1cc[c]([Bi]([c]2ccc(C)cc2)[c]2ccc(C)cc2)cc1. The molecule has 0 fully saturated rings. The van der Waals surface area contributed by atoms with E-state index in [0.29, 0.717) is 0 Å². The van der Waals surface area contributed by atoms with E-state index in [0.717, 1.165) is 13.4 Å². The van der Waals surface area contributed by atoms with E-state index >= 15 is 0 Å². The summed E-state index contributed by atoms with van der Waals surface area (Å²) in [7, 11) is 0. The van der Waals surface area contributed by atoms with Crippen molar-refractivity contribution in [2.24, 2.45) is 0 Å². The van der Waals surface area contributed by atoms with Crippen molar-refractivity contribution in [1.82, 2.24) is 0 Å². The fourth-order valence-corrected chi connectivity index (χ4v) is 22.9. The van der Waals surface area contributed by atoms with Crippen molar-refractivity contribution < 1.29 is 0 Å². The third kappa shape index (κ3) is 9.30. The van der Waals surface area contributed by atoms with Crippen molar-refractivity contribution in [2.75, 3.05) is 0 Å². The Morgan fingerprint density at radius 1 is 0.273 bits per heavy atom. The predicted molar refractivity (Wildman–Crippen MR) is 205 cm³/mol. The van der Waals surface area contributed by atoms with Crippen molar-refractivity contribution in [3.8, 4) is 0 Å². The van der Waals surface area contributed by atoms with Crippen LogP contribution in [0.15, 0.2) is 159 Å². The molecule has 0 spiro atoms. The Morgan fingerprint density at radius 2 is 0.432 bits per heavy atom. The molecule has 6 aromatic carbocycles. The minimum atomic E-state index is -2.21. The summed E-state index contributed by atoms with van der Waals surface area (Å²) in [6.07, 6.45) is 0. The van der Waals surface area contributed by atoms with Crippen LogP contribution in [0, 0.1) is 20.8 Å². The van der Waals surface area contributed by atoms with Crippen LogP contribution in [0.5, 0.6) is 0 Å². The molecule has 44 heavy (non-hydrogen) atoms. The molecule has 0 N–H and O–H groups in total. The minimum absolute atomic E-state index is 1.13. The van der Waals surface area contributed by atoms with Gasteiger partial charge in [-0.1, -0.05) is 0 Å².